The minimum absolute atomic E-state index is 0.000406. The number of fused-ring (bicyclic) bond motifs is 1. The first-order chi connectivity index (χ1) is 28.6. The minimum Gasteiger partial charge on any atom is -0.508 e. The highest BCUT2D eigenvalue weighted by Gasteiger charge is 2.50. The second-order valence-corrected chi connectivity index (χ2v) is 14.0. The topological polar surface area (TPSA) is 312 Å². The lowest BCUT2D eigenvalue weighted by Gasteiger charge is -2.43. The summed E-state index contributed by atoms with van der Waals surface area (Å²) in [6, 6.07) is 11.0. The van der Waals surface area contributed by atoms with Crippen LogP contribution in [0.4, 0.5) is 5.69 Å². The Morgan fingerprint density at radius 3 is 2.12 bits per heavy atom. The second kappa shape index (κ2) is 18.6. The first-order valence-electron chi connectivity index (χ1n) is 18.3. The first-order valence-corrected chi connectivity index (χ1v) is 18.3. The van der Waals surface area contributed by atoms with Gasteiger partial charge in [-0.3, -0.25) is 9.69 Å². The maximum Gasteiger partial charge on any atom is 0.331 e. The summed E-state index contributed by atoms with van der Waals surface area (Å²) in [5.41, 5.74) is 1.24. The van der Waals surface area contributed by atoms with Gasteiger partial charge in [0.2, 0.25) is 6.29 Å². The molecule has 2 saturated heterocycles. The number of nitrogens with zero attached hydrogens (tertiary/aromatic N) is 1. The number of carboxylic acid groups (broad SMARTS) is 1. The fraction of sp³-hybridized carbons (Fsp3) is 0.375. The predicted molar refractivity (Wildman–Crippen MR) is 202 cm³/mol. The Bertz CT molecular complexity index is 2090. The van der Waals surface area contributed by atoms with E-state index in [1.165, 1.54) is 61.7 Å². The van der Waals surface area contributed by atoms with Crippen molar-refractivity contribution in [3.05, 3.63) is 83.4 Å². The lowest BCUT2D eigenvalue weighted by atomic mass is 9.98. The van der Waals surface area contributed by atoms with Crippen molar-refractivity contribution in [3.8, 4) is 28.7 Å². The van der Waals surface area contributed by atoms with Gasteiger partial charge in [0.05, 0.1) is 26.0 Å². The average Bonchev–Trinajstić information content (AvgIpc) is 3.60. The number of phenolic OH excluding ortho intramolecular Hbond substituents is 3. The van der Waals surface area contributed by atoms with Crippen molar-refractivity contribution < 1.29 is 93.9 Å². The number of amides is 1. The fourth-order valence-electron chi connectivity index (χ4n) is 6.77. The SMILES string of the molecule is COc1cc(/C=C/C(=O)O[C@H]2[C@H](OC[C@H]3O[C@@H](Oc4cc5c(cc4O)C[C@@H](C(=O)O)N5C(=O)/C=C/c4ccc(O)cc4)[C@H](O)[C@@H](O)[C@@H]3O)O[C@H](CO)[C@@H](O)[C@@H]2O)ccc1O. The predicted octanol–water partition coefficient (Wildman–Crippen LogP) is -0.865. The molecule has 3 aromatic rings. The molecule has 60 heavy (non-hydrogen) atoms. The number of hydrogen-bond donors (Lipinski definition) is 10. The first kappa shape index (κ1) is 43.8. The van der Waals surface area contributed by atoms with Gasteiger partial charge in [0.1, 0.15) is 54.5 Å². The molecule has 0 unspecified atom stereocenters. The summed E-state index contributed by atoms with van der Waals surface area (Å²) < 4.78 is 33.1. The monoisotopic (exact) mass is 841 g/mol. The summed E-state index contributed by atoms with van der Waals surface area (Å²) in [6.07, 6.45) is -13.1. The molecule has 3 aromatic carbocycles. The molecule has 20 heteroatoms. The molecule has 6 rings (SSSR count). The molecule has 322 valence electrons. The molecule has 20 nitrogen and oxygen atoms in total. The Labute approximate surface area is 340 Å². The third kappa shape index (κ3) is 9.47. The van der Waals surface area contributed by atoms with Gasteiger partial charge in [-0.15, -0.1) is 0 Å². The van der Waals surface area contributed by atoms with Crippen molar-refractivity contribution in [3.63, 3.8) is 0 Å². The van der Waals surface area contributed by atoms with Crippen molar-refractivity contribution in [1.29, 1.82) is 0 Å². The van der Waals surface area contributed by atoms with Crippen molar-refractivity contribution in [2.45, 2.75) is 73.9 Å². The summed E-state index contributed by atoms with van der Waals surface area (Å²) in [6.45, 7) is -1.53. The van der Waals surface area contributed by atoms with E-state index in [0.29, 0.717) is 11.1 Å². The number of carbonyl (C=O) groups excluding carboxylic acids is 2. The molecular weight excluding hydrogens is 798 g/mol. The highest BCUT2D eigenvalue weighted by atomic mass is 16.7. The largest absolute Gasteiger partial charge is 0.508 e. The summed E-state index contributed by atoms with van der Waals surface area (Å²) in [7, 11) is 1.33. The van der Waals surface area contributed by atoms with Crippen LogP contribution in [-0.4, -0.2) is 157 Å². The van der Waals surface area contributed by atoms with Crippen LogP contribution in [0.25, 0.3) is 12.2 Å². The van der Waals surface area contributed by atoms with Gasteiger partial charge in [0.25, 0.3) is 5.91 Å². The molecule has 0 spiro atoms. The Morgan fingerprint density at radius 2 is 1.43 bits per heavy atom. The molecule has 3 heterocycles. The zero-order chi connectivity index (χ0) is 43.4. The number of carbonyl (C=O) groups is 3. The van der Waals surface area contributed by atoms with Crippen LogP contribution in [0.15, 0.2) is 66.7 Å². The number of hydrogen-bond acceptors (Lipinski definition) is 18. The van der Waals surface area contributed by atoms with Crippen molar-refractivity contribution >= 4 is 35.7 Å². The summed E-state index contributed by atoms with van der Waals surface area (Å²) in [4.78, 5) is 39.4. The van der Waals surface area contributed by atoms with Crippen LogP contribution in [-0.2, 0) is 39.8 Å². The van der Waals surface area contributed by atoms with Crippen LogP contribution in [0.5, 0.6) is 28.7 Å². The number of ether oxygens (including phenoxy) is 6. The Balaban J connectivity index is 1.17. The van der Waals surface area contributed by atoms with E-state index in [1.54, 1.807) is 0 Å². The van der Waals surface area contributed by atoms with E-state index < -0.39 is 110 Å². The number of anilines is 1. The smallest absolute Gasteiger partial charge is 0.331 e. The second-order valence-electron chi connectivity index (χ2n) is 14.0. The van der Waals surface area contributed by atoms with E-state index >= 15 is 0 Å². The number of phenols is 3. The Morgan fingerprint density at radius 1 is 0.767 bits per heavy atom. The number of aromatic hydroxyl groups is 3. The van der Waals surface area contributed by atoms with Gasteiger partial charge >= 0.3 is 11.9 Å². The van der Waals surface area contributed by atoms with Crippen LogP contribution in [0.2, 0.25) is 0 Å². The van der Waals surface area contributed by atoms with Crippen LogP contribution in [0, 0.1) is 0 Å². The van der Waals surface area contributed by atoms with Gasteiger partial charge < -0.3 is 79.5 Å². The molecule has 3 aliphatic heterocycles. The van der Waals surface area contributed by atoms with E-state index in [4.69, 9.17) is 28.4 Å². The van der Waals surface area contributed by atoms with Gasteiger partial charge in [-0.05, 0) is 59.2 Å². The Hall–Kier alpha value is -5.81. The number of rotatable bonds is 13. The molecule has 0 saturated carbocycles. The normalized spacial score (nSPS) is 29.1. The van der Waals surface area contributed by atoms with Gasteiger partial charge in [-0.2, -0.15) is 0 Å². The number of aliphatic carboxylic acids is 1. The number of aliphatic hydroxyl groups is 6. The molecule has 1 amide bonds. The summed E-state index contributed by atoms with van der Waals surface area (Å²) in [5.74, 6) is -4.14. The van der Waals surface area contributed by atoms with E-state index in [-0.39, 0.29) is 34.9 Å². The summed E-state index contributed by atoms with van der Waals surface area (Å²) >= 11 is 0. The van der Waals surface area contributed by atoms with Gasteiger partial charge in [0, 0.05) is 24.6 Å². The number of benzene rings is 3. The quantitative estimate of drug-likeness (QED) is 0.0739. The maximum atomic E-state index is 13.4. The van der Waals surface area contributed by atoms with E-state index in [1.807, 2.05) is 0 Å². The number of aliphatic hydroxyl groups excluding tert-OH is 6. The lowest BCUT2D eigenvalue weighted by Crippen LogP contribution is -2.62. The van der Waals surface area contributed by atoms with Crippen molar-refractivity contribution in [2.24, 2.45) is 0 Å². The highest BCUT2D eigenvalue weighted by molar-refractivity contribution is 6.09. The number of esters is 1. The third-order valence-electron chi connectivity index (χ3n) is 10.0. The van der Waals surface area contributed by atoms with Gasteiger partial charge in [-0.1, -0.05) is 18.2 Å². The molecule has 0 aromatic heterocycles. The molecule has 11 atom stereocenters. The third-order valence-corrected chi connectivity index (χ3v) is 10.0. The van der Waals surface area contributed by atoms with Crippen LogP contribution < -0.4 is 14.4 Å². The fourth-order valence-corrected chi connectivity index (χ4v) is 6.77. The lowest BCUT2D eigenvalue weighted by molar-refractivity contribution is -0.324. The van der Waals surface area contributed by atoms with Crippen LogP contribution in [0.3, 0.4) is 0 Å². The van der Waals surface area contributed by atoms with E-state index in [9.17, 15) is 65.4 Å². The molecule has 10 N–H and O–H groups in total. The molecule has 0 radical (unpaired) electrons. The highest BCUT2D eigenvalue weighted by Crippen LogP contribution is 2.42. The standard InChI is InChI=1S/C40H43NO19/c1-55-26-12-19(4-9-24(26)44)6-11-31(47)60-37-35(51)32(48)28(16-42)58-40(37)56-17-29-33(49)34(50)36(52)39(59-29)57-27-15-22-20(14-25(27)45)13-23(38(53)54)41(22)30(46)10-5-18-2-7-21(43)8-3-18/h2-12,14-15,23,28-29,32-37,39-40,42-45,48-52H,13,16-17H2,1H3,(H,53,54)/b10-5+,11-6+/t23-,28+,29+,32+,33+,34-,35-,36+,37+,39+,40+/m0/s1. The zero-order valence-corrected chi connectivity index (χ0v) is 31.6. The van der Waals surface area contributed by atoms with Crippen LogP contribution >= 0.6 is 0 Å². The van der Waals surface area contributed by atoms with E-state index in [0.717, 1.165) is 29.2 Å². The van der Waals surface area contributed by atoms with E-state index in [2.05, 4.69) is 0 Å². The molecule has 2 fully saturated rings. The Kier molecular flexibility index (Phi) is 13.6. The molecule has 3 aliphatic rings. The van der Waals surface area contributed by atoms with Crippen LogP contribution in [0.1, 0.15) is 16.7 Å². The maximum absolute atomic E-state index is 13.4. The number of methoxy groups -OCH3 is 1. The number of carboxylic acids is 1. The van der Waals surface area contributed by atoms with Crippen molar-refractivity contribution in [1.82, 2.24) is 0 Å². The summed E-state index contributed by atoms with van der Waals surface area (Å²) in [5, 5.41) is 104. The molecule has 0 aliphatic carbocycles. The van der Waals surface area contributed by atoms with Crippen molar-refractivity contribution in [2.75, 3.05) is 25.2 Å². The minimum atomic E-state index is -1.96. The zero-order valence-electron chi connectivity index (χ0n) is 31.6. The molecular formula is C40H43NO19. The molecule has 0 bridgehead atoms. The van der Waals surface area contributed by atoms with Gasteiger partial charge in [-0.25, -0.2) is 9.59 Å². The van der Waals surface area contributed by atoms with Gasteiger partial charge in [0.15, 0.2) is 35.4 Å². The average molecular weight is 842 g/mol.